The molecular weight excluding hydrogens is 427 g/mol. The summed E-state index contributed by atoms with van der Waals surface area (Å²) in [6, 6.07) is 30.9. The van der Waals surface area contributed by atoms with E-state index >= 15 is 0 Å². The zero-order valence-electron chi connectivity index (χ0n) is 14.5. The van der Waals surface area contributed by atoms with E-state index in [1.807, 2.05) is 0 Å². The minimum absolute atomic E-state index is 1.27. The third kappa shape index (κ3) is 2.42. The quantitative estimate of drug-likeness (QED) is 0.183. The van der Waals surface area contributed by atoms with E-state index in [4.69, 9.17) is 0 Å². The molecule has 124 valence electrons. The minimum atomic E-state index is 1.27. The number of benzene rings is 5. The van der Waals surface area contributed by atoms with Crippen molar-refractivity contribution < 1.29 is 0 Å². The van der Waals surface area contributed by atoms with Crippen LogP contribution in [0.25, 0.3) is 43.4 Å². The van der Waals surface area contributed by atoms with E-state index < -0.39 is 0 Å². The SMILES string of the molecule is Cc1c2ccccc2c(I)c2cc(-c3ccc4ccccc4c3)ccc12. The summed E-state index contributed by atoms with van der Waals surface area (Å²) in [4.78, 5) is 0. The zero-order chi connectivity index (χ0) is 17.7. The Balaban J connectivity index is 1.79. The lowest BCUT2D eigenvalue weighted by molar-refractivity contribution is 1.57. The Labute approximate surface area is 166 Å². The maximum atomic E-state index is 2.50. The Hall–Kier alpha value is -2.39. The minimum Gasteiger partial charge on any atom is -0.0616 e. The van der Waals surface area contributed by atoms with Gasteiger partial charge in [0, 0.05) is 3.57 Å². The van der Waals surface area contributed by atoms with Gasteiger partial charge >= 0.3 is 0 Å². The average molecular weight is 444 g/mol. The molecule has 0 fully saturated rings. The van der Waals surface area contributed by atoms with Crippen LogP contribution >= 0.6 is 22.6 Å². The first kappa shape index (κ1) is 15.8. The summed E-state index contributed by atoms with van der Waals surface area (Å²) < 4.78 is 1.33. The van der Waals surface area contributed by atoms with E-state index in [9.17, 15) is 0 Å². The van der Waals surface area contributed by atoms with Crippen molar-refractivity contribution in [3.8, 4) is 11.1 Å². The number of hydrogen-bond donors (Lipinski definition) is 0. The second-order valence-electron chi connectivity index (χ2n) is 6.81. The standard InChI is InChI=1S/C25H17I/c1-16-21-8-4-5-9-23(21)25(26)24-15-20(12-13-22(16)24)19-11-10-17-6-2-3-7-18(17)14-19/h2-15H,1H3. The summed E-state index contributed by atoms with van der Waals surface area (Å²) >= 11 is 2.50. The highest BCUT2D eigenvalue weighted by Gasteiger charge is 2.10. The van der Waals surface area contributed by atoms with E-state index in [0.717, 1.165) is 0 Å². The van der Waals surface area contributed by atoms with E-state index in [0.29, 0.717) is 0 Å². The maximum Gasteiger partial charge on any atom is 0.0287 e. The zero-order valence-corrected chi connectivity index (χ0v) is 16.6. The van der Waals surface area contributed by atoms with Gasteiger partial charge in [0.2, 0.25) is 0 Å². The fourth-order valence-corrected chi connectivity index (χ4v) is 4.81. The third-order valence-corrected chi connectivity index (χ3v) is 6.47. The first-order valence-corrected chi connectivity index (χ1v) is 9.90. The molecule has 1 heteroatoms. The monoisotopic (exact) mass is 444 g/mol. The first-order chi connectivity index (χ1) is 12.7. The molecule has 0 saturated carbocycles. The van der Waals surface area contributed by atoms with Gasteiger partial charge in [0.15, 0.2) is 0 Å². The van der Waals surface area contributed by atoms with Crippen molar-refractivity contribution >= 4 is 54.9 Å². The van der Waals surface area contributed by atoms with Gasteiger partial charge in [-0.1, -0.05) is 72.8 Å². The van der Waals surface area contributed by atoms with E-state index in [1.165, 1.54) is 52.6 Å². The Morgan fingerprint density at radius 2 is 1.15 bits per heavy atom. The van der Waals surface area contributed by atoms with Crippen LogP contribution in [0, 0.1) is 10.5 Å². The molecule has 0 saturated heterocycles. The first-order valence-electron chi connectivity index (χ1n) is 8.82. The van der Waals surface area contributed by atoms with Gasteiger partial charge in [-0.25, -0.2) is 0 Å². The van der Waals surface area contributed by atoms with Gasteiger partial charge in [-0.15, -0.1) is 0 Å². The van der Waals surface area contributed by atoms with Gasteiger partial charge in [-0.2, -0.15) is 0 Å². The van der Waals surface area contributed by atoms with Crippen LogP contribution in [0.1, 0.15) is 5.56 Å². The van der Waals surface area contributed by atoms with Crippen molar-refractivity contribution in [2.75, 3.05) is 0 Å². The van der Waals surface area contributed by atoms with Crippen LogP contribution in [0.3, 0.4) is 0 Å². The number of rotatable bonds is 1. The van der Waals surface area contributed by atoms with Gasteiger partial charge in [0.1, 0.15) is 0 Å². The van der Waals surface area contributed by atoms with Crippen LogP contribution in [-0.4, -0.2) is 0 Å². The molecule has 5 rings (SSSR count). The van der Waals surface area contributed by atoms with Crippen molar-refractivity contribution in [1.82, 2.24) is 0 Å². The molecule has 0 N–H and O–H groups in total. The van der Waals surface area contributed by atoms with Crippen LogP contribution in [0.15, 0.2) is 84.9 Å². The van der Waals surface area contributed by atoms with E-state index in [-0.39, 0.29) is 0 Å². The van der Waals surface area contributed by atoms with Crippen LogP contribution in [0.5, 0.6) is 0 Å². The molecule has 0 radical (unpaired) electrons. The fourth-order valence-electron chi connectivity index (χ4n) is 3.89. The summed E-state index contributed by atoms with van der Waals surface area (Å²) in [5, 5.41) is 7.95. The number of halogens is 1. The van der Waals surface area contributed by atoms with Gasteiger partial charge in [0.05, 0.1) is 0 Å². The molecular formula is C25H17I. The number of aryl methyl sites for hydroxylation is 1. The molecule has 0 aliphatic carbocycles. The van der Waals surface area contributed by atoms with Crippen molar-refractivity contribution in [2.45, 2.75) is 6.92 Å². The molecule has 5 aromatic rings. The molecule has 5 aromatic carbocycles. The molecule has 0 heterocycles. The third-order valence-electron chi connectivity index (χ3n) is 5.31. The Morgan fingerprint density at radius 1 is 0.538 bits per heavy atom. The van der Waals surface area contributed by atoms with Gasteiger partial charge in [0.25, 0.3) is 0 Å². The molecule has 0 spiro atoms. The van der Waals surface area contributed by atoms with Crippen LogP contribution < -0.4 is 0 Å². The summed E-state index contributed by atoms with van der Waals surface area (Å²) in [5.74, 6) is 0. The topological polar surface area (TPSA) is 0 Å². The van der Waals surface area contributed by atoms with E-state index in [1.54, 1.807) is 0 Å². The molecule has 0 amide bonds. The fraction of sp³-hybridized carbons (Fsp3) is 0.0400. The van der Waals surface area contributed by atoms with Crippen molar-refractivity contribution in [2.24, 2.45) is 0 Å². The number of fused-ring (bicyclic) bond motifs is 3. The Morgan fingerprint density at radius 3 is 2.00 bits per heavy atom. The molecule has 26 heavy (non-hydrogen) atoms. The molecule has 0 aliphatic heterocycles. The van der Waals surface area contributed by atoms with Crippen LogP contribution in [-0.2, 0) is 0 Å². The maximum absolute atomic E-state index is 2.50. The van der Waals surface area contributed by atoms with Crippen LogP contribution in [0.4, 0.5) is 0 Å². The van der Waals surface area contributed by atoms with Crippen molar-refractivity contribution in [1.29, 1.82) is 0 Å². The number of hydrogen-bond acceptors (Lipinski definition) is 0. The highest BCUT2D eigenvalue weighted by atomic mass is 127. The molecule has 0 aliphatic rings. The average Bonchev–Trinajstić information content (AvgIpc) is 2.71. The molecule has 0 nitrogen and oxygen atoms in total. The summed E-state index contributed by atoms with van der Waals surface area (Å²) in [5.41, 5.74) is 3.91. The lowest BCUT2D eigenvalue weighted by Gasteiger charge is -2.13. The van der Waals surface area contributed by atoms with Gasteiger partial charge in [-0.3, -0.25) is 0 Å². The lowest BCUT2D eigenvalue weighted by Crippen LogP contribution is -1.89. The Bertz CT molecular complexity index is 1300. The molecule has 0 unspecified atom stereocenters. The lowest BCUT2D eigenvalue weighted by atomic mass is 9.94. The Kier molecular flexibility index (Phi) is 3.71. The second-order valence-corrected chi connectivity index (χ2v) is 7.89. The van der Waals surface area contributed by atoms with Crippen molar-refractivity contribution in [3.05, 3.63) is 94.1 Å². The van der Waals surface area contributed by atoms with E-state index in [2.05, 4.69) is 114 Å². The predicted octanol–water partition coefficient (Wildman–Crippen LogP) is 7.73. The van der Waals surface area contributed by atoms with Crippen LogP contribution in [0.2, 0.25) is 0 Å². The summed E-state index contributed by atoms with van der Waals surface area (Å²) in [6.45, 7) is 2.23. The second kappa shape index (κ2) is 6.10. The highest BCUT2D eigenvalue weighted by Crippen LogP contribution is 2.36. The molecule has 0 atom stereocenters. The highest BCUT2D eigenvalue weighted by molar-refractivity contribution is 14.1. The van der Waals surface area contributed by atoms with Crippen molar-refractivity contribution in [3.63, 3.8) is 0 Å². The predicted molar refractivity (Wildman–Crippen MR) is 122 cm³/mol. The smallest absolute Gasteiger partial charge is 0.0287 e. The van der Waals surface area contributed by atoms with Gasteiger partial charge in [-0.05, 0) is 90.7 Å². The molecule has 0 aromatic heterocycles. The molecule has 0 bridgehead atoms. The van der Waals surface area contributed by atoms with Gasteiger partial charge < -0.3 is 0 Å². The normalized spacial score (nSPS) is 11.5. The largest absolute Gasteiger partial charge is 0.0616 e. The summed E-state index contributed by atoms with van der Waals surface area (Å²) in [7, 11) is 0. The summed E-state index contributed by atoms with van der Waals surface area (Å²) in [6.07, 6.45) is 0.